The van der Waals surface area contributed by atoms with Crippen molar-refractivity contribution in [2.24, 2.45) is 4.99 Å². The van der Waals surface area contributed by atoms with Crippen LogP contribution >= 0.6 is 0 Å². The third-order valence-electron chi connectivity index (χ3n) is 2.02. The first-order chi connectivity index (χ1) is 5.79. The van der Waals surface area contributed by atoms with E-state index in [-0.39, 0.29) is 0 Å². The normalized spacial score (nSPS) is 20.0. The second-order valence-corrected chi connectivity index (χ2v) is 2.83. The van der Waals surface area contributed by atoms with Crippen molar-refractivity contribution < 1.29 is 5.11 Å². The van der Waals surface area contributed by atoms with E-state index in [1.54, 1.807) is 0 Å². The third kappa shape index (κ3) is 0.987. The van der Waals surface area contributed by atoms with Crippen molar-refractivity contribution in [3.05, 3.63) is 29.3 Å². The molecule has 0 bridgehead atoms. The summed E-state index contributed by atoms with van der Waals surface area (Å²) in [6, 6.07) is 5.84. The highest BCUT2D eigenvalue weighted by Crippen LogP contribution is 2.28. The molecular formula is C9H10N2O. The highest BCUT2D eigenvalue weighted by atomic mass is 16.3. The maximum atomic E-state index is 9.50. The number of benzene rings is 1. The molecule has 0 amide bonds. The van der Waals surface area contributed by atoms with E-state index in [2.05, 4.69) is 10.3 Å². The molecule has 3 nitrogen and oxygen atoms in total. The van der Waals surface area contributed by atoms with Gasteiger partial charge in [-0.1, -0.05) is 12.1 Å². The molecular weight excluding hydrogens is 152 g/mol. The fourth-order valence-electron chi connectivity index (χ4n) is 1.40. The topological polar surface area (TPSA) is 44.6 Å². The fourth-order valence-corrected chi connectivity index (χ4v) is 1.40. The zero-order chi connectivity index (χ0) is 8.55. The SMILES string of the molecule is Cc1cccc2c1C(O)N=CN2. The number of aliphatic hydroxyl groups is 1. The molecule has 0 saturated carbocycles. The summed E-state index contributed by atoms with van der Waals surface area (Å²) in [5.41, 5.74) is 2.88. The van der Waals surface area contributed by atoms with Crippen molar-refractivity contribution in [3.8, 4) is 0 Å². The van der Waals surface area contributed by atoms with E-state index in [1.807, 2.05) is 25.1 Å². The van der Waals surface area contributed by atoms with E-state index < -0.39 is 6.23 Å². The summed E-state index contributed by atoms with van der Waals surface area (Å²) < 4.78 is 0. The number of anilines is 1. The molecule has 1 aliphatic heterocycles. The number of fused-ring (bicyclic) bond motifs is 1. The highest BCUT2D eigenvalue weighted by Gasteiger charge is 2.15. The maximum absolute atomic E-state index is 9.50. The quantitative estimate of drug-likeness (QED) is 0.606. The van der Waals surface area contributed by atoms with Crippen LogP contribution in [0, 0.1) is 6.92 Å². The first-order valence-electron chi connectivity index (χ1n) is 3.85. The molecule has 0 aromatic heterocycles. The van der Waals surface area contributed by atoms with Gasteiger partial charge in [-0.15, -0.1) is 0 Å². The van der Waals surface area contributed by atoms with E-state index in [0.29, 0.717) is 0 Å². The molecule has 62 valence electrons. The van der Waals surface area contributed by atoms with Gasteiger partial charge in [0.05, 0.1) is 6.34 Å². The van der Waals surface area contributed by atoms with Crippen LogP contribution in [0.25, 0.3) is 0 Å². The van der Waals surface area contributed by atoms with Crippen LogP contribution in [0.1, 0.15) is 17.4 Å². The minimum absolute atomic E-state index is 0.706. The zero-order valence-corrected chi connectivity index (χ0v) is 6.78. The van der Waals surface area contributed by atoms with Gasteiger partial charge in [0.25, 0.3) is 0 Å². The summed E-state index contributed by atoms with van der Waals surface area (Å²) in [5, 5.41) is 12.5. The number of rotatable bonds is 0. The number of aliphatic imine (C=N–C) groups is 1. The van der Waals surface area contributed by atoms with Crippen LogP contribution in [-0.4, -0.2) is 11.4 Å². The molecule has 1 aliphatic rings. The van der Waals surface area contributed by atoms with Crippen LogP contribution in [0.3, 0.4) is 0 Å². The van der Waals surface area contributed by atoms with Crippen molar-refractivity contribution in [1.29, 1.82) is 0 Å². The highest BCUT2D eigenvalue weighted by molar-refractivity contribution is 5.80. The number of hydrogen-bond acceptors (Lipinski definition) is 3. The van der Waals surface area contributed by atoms with Crippen LogP contribution in [0.2, 0.25) is 0 Å². The van der Waals surface area contributed by atoms with E-state index >= 15 is 0 Å². The van der Waals surface area contributed by atoms with Gasteiger partial charge in [-0.05, 0) is 18.6 Å². The lowest BCUT2D eigenvalue weighted by molar-refractivity contribution is 0.188. The molecule has 3 heteroatoms. The van der Waals surface area contributed by atoms with E-state index in [0.717, 1.165) is 16.8 Å². The Bertz CT molecular complexity index is 333. The van der Waals surface area contributed by atoms with E-state index in [1.165, 1.54) is 6.34 Å². The molecule has 1 aromatic carbocycles. The van der Waals surface area contributed by atoms with Crippen LogP contribution in [0.4, 0.5) is 5.69 Å². The number of aryl methyl sites for hydroxylation is 1. The standard InChI is InChI=1S/C9H10N2O/c1-6-3-2-4-7-8(6)9(12)11-5-10-7/h2-5,9,12H,1H3,(H,10,11). The summed E-state index contributed by atoms with van der Waals surface area (Å²) in [5.74, 6) is 0. The van der Waals surface area contributed by atoms with Gasteiger partial charge in [0.1, 0.15) is 0 Å². The molecule has 0 spiro atoms. The lowest BCUT2D eigenvalue weighted by Crippen LogP contribution is -2.11. The zero-order valence-electron chi connectivity index (χ0n) is 6.78. The molecule has 0 aliphatic carbocycles. The molecule has 2 N–H and O–H groups in total. The number of nitrogens with one attached hydrogen (secondary N) is 1. The van der Waals surface area contributed by atoms with Crippen LogP contribution < -0.4 is 5.32 Å². The molecule has 1 aromatic rings. The van der Waals surface area contributed by atoms with Crippen molar-refractivity contribution in [3.63, 3.8) is 0 Å². The van der Waals surface area contributed by atoms with Gasteiger partial charge >= 0.3 is 0 Å². The Labute approximate surface area is 70.8 Å². The van der Waals surface area contributed by atoms with Gasteiger partial charge < -0.3 is 10.4 Å². The summed E-state index contributed by atoms with van der Waals surface area (Å²) >= 11 is 0. The second-order valence-electron chi connectivity index (χ2n) is 2.83. The number of nitrogens with zero attached hydrogens (tertiary/aromatic N) is 1. The van der Waals surface area contributed by atoms with Gasteiger partial charge in [-0.2, -0.15) is 0 Å². The fraction of sp³-hybridized carbons (Fsp3) is 0.222. The van der Waals surface area contributed by atoms with Gasteiger partial charge in [-0.3, -0.25) is 0 Å². The second kappa shape index (κ2) is 2.60. The van der Waals surface area contributed by atoms with Gasteiger partial charge in [0.15, 0.2) is 6.23 Å². The Hall–Kier alpha value is -1.35. The molecule has 0 saturated heterocycles. The molecule has 12 heavy (non-hydrogen) atoms. The predicted molar refractivity (Wildman–Crippen MR) is 48.3 cm³/mol. The van der Waals surface area contributed by atoms with Crippen molar-refractivity contribution >= 4 is 12.0 Å². The number of hydrogen-bond donors (Lipinski definition) is 2. The molecule has 1 heterocycles. The van der Waals surface area contributed by atoms with Gasteiger partial charge in [0.2, 0.25) is 0 Å². The third-order valence-corrected chi connectivity index (χ3v) is 2.02. The monoisotopic (exact) mass is 162 g/mol. The Kier molecular flexibility index (Phi) is 1.59. The predicted octanol–water partition coefficient (Wildman–Crippen LogP) is 1.44. The Morgan fingerprint density at radius 3 is 3.08 bits per heavy atom. The molecule has 0 radical (unpaired) electrons. The minimum Gasteiger partial charge on any atom is -0.368 e. The van der Waals surface area contributed by atoms with E-state index in [4.69, 9.17) is 0 Å². The first-order valence-corrected chi connectivity index (χ1v) is 3.85. The minimum atomic E-state index is -0.706. The van der Waals surface area contributed by atoms with Crippen molar-refractivity contribution in [2.45, 2.75) is 13.2 Å². The largest absolute Gasteiger partial charge is 0.368 e. The maximum Gasteiger partial charge on any atom is 0.175 e. The summed E-state index contributed by atoms with van der Waals surface area (Å²) in [6.45, 7) is 1.96. The van der Waals surface area contributed by atoms with Crippen LogP contribution in [-0.2, 0) is 0 Å². The molecule has 1 unspecified atom stereocenters. The molecule has 1 atom stereocenters. The van der Waals surface area contributed by atoms with Gasteiger partial charge in [-0.25, -0.2) is 4.99 Å². The summed E-state index contributed by atoms with van der Waals surface area (Å²) in [7, 11) is 0. The smallest absolute Gasteiger partial charge is 0.175 e. The summed E-state index contributed by atoms with van der Waals surface area (Å²) in [6.07, 6.45) is 0.814. The Morgan fingerprint density at radius 1 is 1.50 bits per heavy atom. The Balaban J connectivity index is 2.58. The Morgan fingerprint density at radius 2 is 2.33 bits per heavy atom. The average Bonchev–Trinajstić information content (AvgIpc) is 2.04. The molecule has 0 fully saturated rings. The lowest BCUT2D eigenvalue weighted by Gasteiger charge is -2.18. The van der Waals surface area contributed by atoms with Crippen LogP contribution in [0.15, 0.2) is 23.2 Å². The summed E-state index contributed by atoms with van der Waals surface area (Å²) in [4.78, 5) is 3.85. The molecule has 2 rings (SSSR count). The lowest BCUT2D eigenvalue weighted by atomic mass is 10.0. The van der Waals surface area contributed by atoms with Crippen molar-refractivity contribution in [2.75, 3.05) is 5.32 Å². The van der Waals surface area contributed by atoms with Gasteiger partial charge in [0, 0.05) is 11.3 Å². The average molecular weight is 162 g/mol. The first kappa shape index (κ1) is 7.31. The number of aliphatic hydroxyl groups excluding tert-OH is 1. The van der Waals surface area contributed by atoms with Crippen LogP contribution in [0.5, 0.6) is 0 Å². The van der Waals surface area contributed by atoms with Crippen molar-refractivity contribution in [1.82, 2.24) is 0 Å². The van der Waals surface area contributed by atoms with E-state index in [9.17, 15) is 5.11 Å².